The Hall–Kier alpha value is -3.42. The van der Waals surface area contributed by atoms with Crippen LogP contribution < -0.4 is 10.9 Å². The molecular weight excluding hydrogens is 638 g/mol. The Labute approximate surface area is 268 Å². The molecule has 0 radical (unpaired) electrons. The van der Waals surface area contributed by atoms with E-state index in [9.17, 15) is 43.0 Å². The summed E-state index contributed by atoms with van der Waals surface area (Å²) < 4.78 is 27.7. The Morgan fingerprint density at radius 2 is 1.85 bits per heavy atom. The van der Waals surface area contributed by atoms with Crippen molar-refractivity contribution in [3.8, 4) is 0 Å². The number of aromatic nitrogens is 1. The Balaban J connectivity index is 1.18. The van der Waals surface area contributed by atoms with Crippen LogP contribution in [0.2, 0.25) is 0 Å². The normalized spacial score (nSPS) is 26.1. The molecule has 4 N–H and O–H groups in total. The molecule has 3 aromatic rings. The number of amides is 3. The molecule has 0 aliphatic carbocycles. The molecule has 3 aliphatic rings. The topological polar surface area (TPSA) is 169 Å². The summed E-state index contributed by atoms with van der Waals surface area (Å²) in [4.78, 5) is 75.3. The van der Waals surface area contributed by atoms with Gasteiger partial charge in [0, 0.05) is 36.6 Å². The third-order valence-corrected chi connectivity index (χ3v) is 11.5. The van der Waals surface area contributed by atoms with Crippen molar-refractivity contribution < 1.29 is 38.2 Å². The van der Waals surface area contributed by atoms with E-state index in [-0.39, 0.29) is 53.4 Å². The molecule has 3 aliphatic heterocycles. The number of alkyl halides is 1. The number of benzene rings is 1. The van der Waals surface area contributed by atoms with Crippen LogP contribution in [-0.2, 0) is 26.8 Å². The highest BCUT2D eigenvalue weighted by Gasteiger charge is 2.48. The van der Waals surface area contributed by atoms with Crippen molar-refractivity contribution in [3.63, 3.8) is 0 Å². The first kappa shape index (κ1) is 32.5. The number of aliphatic hydroxyl groups is 1. The second-order valence-corrected chi connectivity index (χ2v) is 15.3. The second kappa shape index (κ2) is 12.3. The van der Waals surface area contributed by atoms with Gasteiger partial charge in [-0.05, 0) is 72.9 Å². The number of thiophene rings is 1. The third kappa shape index (κ3) is 6.16. The Bertz CT molecular complexity index is 1810. The Kier molecular flexibility index (Phi) is 8.70. The molecule has 246 valence electrons. The maximum absolute atomic E-state index is 14.3. The number of nitrogens with zero attached hydrogens (tertiary/aromatic N) is 3. The molecule has 46 heavy (non-hydrogen) atoms. The summed E-state index contributed by atoms with van der Waals surface area (Å²) in [6.07, 6.45) is 5.64. The minimum Gasteiger partial charge on any atom is -0.383 e. The quantitative estimate of drug-likeness (QED) is 0.290. The fourth-order valence-electron chi connectivity index (χ4n) is 6.92. The van der Waals surface area contributed by atoms with Crippen molar-refractivity contribution in [3.05, 3.63) is 69.0 Å². The van der Waals surface area contributed by atoms with Crippen LogP contribution in [0.4, 0.5) is 4.39 Å². The van der Waals surface area contributed by atoms with E-state index in [1.54, 1.807) is 29.1 Å². The highest BCUT2D eigenvalue weighted by atomic mass is 32.1. The summed E-state index contributed by atoms with van der Waals surface area (Å²) >= 11 is 1.11. The average molecular weight is 675 g/mol. The SMILES string of the molecule is Cn1ccc(C2(O)CCN(C(=O)[C@@H]3CC[C@@H]4CCCC[C@H](NC(=O)c5cc6cc(C(F)P(=O)(O)O)ccc6s5)C(=O)N43)C2)cc1=O. The molecule has 5 atom stereocenters. The average Bonchev–Trinajstić information content (AvgIpc) is 3.74. The van der Waals surface area contributed by atoms with Crippen LogP contribution in [0.25, 0.3) is 10.1 Å². The molecule has 0 bridgehead atoms. The van der Waals surface area contributed by atoms with Gasteiger partial charge in [-0.1, -0.05) is 18.9 Å². The number of pyridine rings is 1. The number of hydrogen-bond acceptors (Lipinski definition) is 7. The lowest BCUT2D eigenvalue weighted by atomic mass is 9.94. The third-order valence-electron chi connectivity index (χ3n) is 9.46. The zero-order chi connectivity index (χ0) is 33.0. The fourth-order valence-corrected chi connectivity index (χ4v) is 8.41. The Morgan fingerprint density at radius 3 is 2.59 bits per heavy atom. The van der Waals surface area contributed by atoms with E-state index in [0.29, 0.717) is 41.3 Å². The fraction of sp³-hybridized carbons (Fsp3) is 0.484. The van der Waals surface area contributed by atoms with Gasteiger partial charge in [0.15, 0.2) is 0 Å². The second-order valence-electron chi connectivity index (χ2n) is 12.5. The molecule has 12 nitrogen and oxygen atoms in total. The minimum absolute atomic E-state index is 0.00727. The van der Waals surface area contributed by atoms with Crippen LogP contribution in [0.15, 0.2) is 47.4 Å². The van der Waals surface area contributed by atoms with E-state index >= 15 is 0 Å². The van der Waals surface area contributed by atoms with Crippen LogP contribution >= 0.6 is 18.9 Å². The summed E-state index contributed by atoms with van der Waals surface area (Å²) in [6, 6.07) is 6.88. The van der Waals surface area contributed by atoms with Crippen LogP contribution in [0.1, 0.15) is 71.7 Å². The minimum atomic E-state index is -5.00. The summed E-state index contributed by atoms with van der Waals surface area (Å²) in [5.41, 5.74) is -1.38. The molecule has 5 heterocycles. The van der Waals surface area contributed by atoms with Gasteiger partial charge in [0.2, 0.25) is 17.7 Å². The first-order valence-electron chi connectivity index (χ1n) is 15.3. The van der Waals surface area contributed by atoms with E-state index in [1.165, 1.54) is 34.9 Å². The predicted octanol–water partition coefficient (Wildman–Crippen LogP) is 2.90. The monoisotopic (exact) mass is 674 g/mol. The number of aryl methyl sites for hydroxylation is 1. The van der Waals surface area contributed by atoms with Crippen LogP contribution in [0.3, 0.4) is 0 Å². The maximum atomic E-state index is 14.3. The van der Waals surface area contributed by atoms with Crippen LogP contribution in [-0.4, -0.2) is 78.2 Å². The Morgan fingerprint density at radius 1 is 1.09 bits per heavy atom. The molecule has 2 unspecified atom stereocenters. The number of halogens is 1. The smallest absolute Gasteiger partial charge is 0.363 e. The zero-order valence-corrected chi connectivity index (χ0v) is 26.9. The summed E-state index contributed by atoms with van der Waals surface area (Å²) in [5.74, 6) is -3.58. The zero-order valence-electron chi connectivity index (χ0n) is 25.2. The highest BCUT2D eigenvalue weighted by molar-refractivity contribution is 7.51. The van der Waals surface area contributed by atoms with E-state index in [2.05, 4.69) is 5.32 Å². The van der Waals surface area contributed by atoms with Gasteiger partial charge in [-0.25, -0.2) is 4.39 Å². The van der Waals surface area contributed by atoms with Crippen molar-refractivity contribution >= 4 is 46.7 Å². The first-order chi connectivity index (χ1) is 21.7. The lowest BCUT2D eigenvalue weighted by molar-refractivity contribution is -0.147. The molecule has 3 saturated heterocycles. The van der Waals surface area contributed by atoms with Crippen molar-refractivity contribution in [2.45, 2.75) is 74.6 Å². The molecule has 15 heteroatoms. The van der Waals surface area contributed by atoms with E-state index in [1.807, 2.05) is 0 Å². The van der Waals surface area contributed by atoms with Gasteiger partial charge in [-0.3, -0.25) is 23.7 Å². The lowest BCUT2D eigenvalue weighted by Crippen LogP contribution is -2.56. The van der Waals surface area contributed by atoms with Crippen molar-refractivity contribution in [1.29, 1.82) is 0 Å². The van der Waals surface area contributed by atoms with E-state index < -0.39 is 37.1 Å². The van der Waals surface area contributed by atoms with Crippen molar-refractivity contribution in [2.24, 2.45) is 7.05 Å². The number of likely N-dealkylation sites (tertiary alicyclic amines) is 1. The lowest BCUT2D eigenvalue weighted by Gasteiger charge is -2.36. The summed E-state index contributed by atoms with van der Waals surface area (Å²) in [5, 5.41) is 14.7. The van der Waals surface area contributed by atoms with Crippen LogP contribution in [0, 0.1) is 0 Å². The molecule has 3 amide bonds. The molecule has 0 spiro atoms. The molecule has 1 aromatic carbocycles. The largest absolute Gasteiger partial charge is 0.383 e. The number of fused-ring (bicyclic) bond motifs is 2. The highest BCUT2D eigenvalue weighted by Crippen LogP contribution is 2.53. The number of carbonyl (C=O) groups is 3. The molecule has 3 fully saturated rings. The number of carbonyl (C=O) groups excluding carboxylic acids is 3. The van der Waals surface area contributed by atoms with Crippen molar-refractivity contribution in [2.75, 3.05) is 13.1 Å². The van der Waals surface area contributed by atoms with Gasteiger partial charge in [0.1, 0.15) is 17.7 Å². The first-order valence-corrected chi connectivity index (χ1v) is 17.8. The van der Waals surface area contributed by atoms with Gasteiger partial charge >= 0.3 is 7.60 Å². The van der Waals surface area contributed by atoms with E-state index in [0.717, 1.165) is 24.2 Å². The van der Waals surface area contributed by atoms with Crippen molar-refractivity contribution in [1.82, 2.24) is 19.7 Å². The molecular formula is C31H36FN4O8PS. The number of hydrogen-bond donors (Lipinski definition) is 4. The number of rotatable bonds is 6. The van der Waals surface area contributed by atoms with E-state index in [4.69, 9.17) is 0 Å². The molecule has 0 saturated carbocycles. The van der Waals surface area contributed by atoms with Gasteiger partial charge in [0.25, 0.3) is 11.5 Å². The van der Waals surface area contributed by atoms with Gasteiger partial charge in [0.05, 0.1) is 11.4 Å². The van der Waals surface area contributed by atoms with Gasteiger partial charge < -0.3 is 34.6 Å². The maximum Gasteiger partial charge on any atom is 0.363 e. The molecule has 2 aromatic heterocycles. The number of β-amino-alcohol motifs (C(OH)–C–C–N with tert-alkyl or cyclic N) is 1. The summed E-state index contributed by atoms with van der Waals surface area (Å²) in [6.45, 7) is 0.284. The number of nitrogens with one attached hydrogen (secondary N) is 1. The molecule has 6 rings (SSSR count). The van der Waals surface area contributed by atoms with Gasteiger partial charge in [-0.15, -0.1) is 11.3 Å². The predicted molar refractivity (Wildman–Crippen MR) is 168 cm³/mol. The standard InChI is InChI=1S/C31H36FN4O8PS/c1-34-12-10-20(16-26(34)37)31(41)11-13-35(17-31)30(40)23-8-7-21-4-2-3-5-22(29(39)36(21)23)33-28(38)25-15-19-14-18(6-9-24(19)46-25)27(32)45(42,43)44/h6,9-10,12,14-16,21-23,27,41H,2-5,7-8,11,13,17H2,1H3,(H,33,38)(H2,42,43,44)/t21-,22-,23-,27?,31?/m0/s1. The van der Waals surface area contributed by atoms with Crippen LogP contribution in [0.5, 0.6) is 0 Å². The van der Waals surface area contributed by atoms with Gasteiger partial charge in [-0.2, -0.15) is 0 Å². The summed E-state index contributed by atoms with van der Waals surface area (Å²) in [7, 11) is -3.38.